The fraction of sp³-hybridized carbons (Fsp3) is 0.167. The SMILES string of the molecule is C[C@H](OC(=O)CN1C(=O)C(=O)c2ccccc21)c1ccccc1Cl. The van der Waals surface area contributed by atoms with Crippen LogP contribution in [0, 0.1) is 0 Å². The molecule has 3 rings (SSSR count). The summed E-state index contributed by atoms with van der Waals surface area (Å²) in [5.41, 5.74) is 1.40. The van der Waals surface area contributed by atoms with Crippen molar-refractivity contribution in [3.63, 3.8) is 0 Å². The van der Waals surface area contributed by atoms with Gasteiger partial charge in [0.2, 0.25) is 0 Å². The number of ketones is 1. The van der Waals surface area contributed by atoms with E-state index in [4.69, 9.17) is 16.3 Å². The minimum Gasteiger partial charge on any atom is -0.456 e. The quantitative estimate of drug-likeness (QED) is 0.632. The lowest BCUT2D eigenvalue weighted by Crippen LogP contribution is -2.35. The minimum absolute atomic E-state index is 0.300. The molecule has 0 saturated carbocycles. The molecule has 0 aromatic heterocycles. The summed E-state index contributed by atoms with van der Waals surface area (Å²) in [6.45, 7) is 1.38. The highest BCUT2D eigenvalue weighted by Gasteiger charge is 2.36. The van der Waals surface area contributed by atoms with Crippen LogP contribution in [-0.2, 0) is 14.3 Å². The Hall–Kier alpha value is -2.66. The second kappa shape index (κ2) is 6.45. The van der Waals surface area contributed by atoms with Gasteiger partial charge in [0.25, 0.3) is 11.7 Å². The van der Waals surface area contributed by atoms with Crippen molar-refractivity contribution in [1.29, 1.82) is 0 Å². The van der Waals surface area contributed by atoms with E-state index in [-0.39, 0.29) is 6.54 Å². The maximum Gasteiger partial charge on any atom is 0.326 e. The van der Waals surface area contributed by atoms with E-state index in [9.17, 15) is 14.4 Å². The van der Waals surface area contributed by atoms with E-state index in [1.165, 1.54) is 0 Å². The zero-order valence-electron chi connectivity index (χ0n) is 12.9. The molecular weight excluding hydrogens is 330 g/mol. The molecule has 5 nitrogen and oxygen atoms in total. The smallest absolute Gasteiger partial charge is 0.326 e. The standard InChI is InChI=1S/C18H14ClNO4/c1-11(12-6-2-4-8-14(12)19)24-16(21)10-20-15-9-5-3-7-13(15)17(22)18(20)23/h2-9,11H,10H2,1H3/t11-/m0/s1. The third-order valence-corrected chi connectivity index (χ3v) is 4.16. The average molecular weight is 344 g/mol. The van der Waals surface area contributed by atoms with Gasteiger partial charge in [-0.1, -0.05) is 41.9 Å². The van der Waals surface area contributed by atoms with Crippen LogP contribution in [0.15, 0.2) is 48.5 Å². The molecule has 24 heavy (non-hydrogen) atoms. The van der Waals surface area contributed by atoms with Crippen molar-refractivity contribution in [1.82, 2.24) is 0 Å². The van der Waals surface area contributed by atoms with Crippen molar-refractivity contribution >= 4 is 34.9 Å². The van der Waals surface area contributed by atoms with Crippen molar-refractivity contribution in [2.75, 3.05) is 11.4 Å². The van der Waals surface area contributed by atoms with Gasteiger partial charge in [0.05, 0.1) is 11.3 Å². The van der Waals surface area contributed by atoms with Crippen LogP contribution >= 0.6 is 11.6 Å². The Bertz CT molecular complexity index is 833. The van der Waals surface area contributed by atoms with Crippen LogP contribution in [0.2, 0.25) is 5.02 Å². The van der Waals surface area contributed by atoms with Gasteiger partial charge in [-0.2, -0.15) is 0 Å². The molecule has 0 spiro atoms. The number of para-hydroxylation sites is 1. The number of amides is 1. The fourth-order valence-corrected chi connectivity index (χ4v) is 2.93. The zero-order valence-corrected chi connectivity index (χ0v) is 13.6. The summed E-state index contributed by atoms with van der Waals surface area (Å²) >= 11 is 6.08. The van der Waals surface area contributed by atoms with Crippen molar-refractivity contribution in [2.24, 2.45) is 0 Å². The van der Waals surface area contributed by atoms with Gasteiger partial charge in [-0.05, 0) is 25.1 Å². The fourth-order valence-electron chi connectivity index (χ4n) is 2.64. The van der Waals surface area contributed by atoms with Gasteiger partial charge in [0.1, 0.15) is 12.6 Å². The Morgan fingerprint density at radius 2 is 1.79 bits per heavy atom. The highest BCUT2D eigenvalue weighted by Crippen LogP contribution is 2.29. The summed E-state index contributed by atoms with van der Waals surface area (Å²) in [4.78, 5) is 37.3. The molecule has 6 heteroatoms. The van der Waals surface area contributed by atoms with Crippen LogP contribution < -0.4 is 4.90 Å². The Morgan fingerprint density at radius 3 is 2.54 bits per heavy atom. The number of hydrogen-bond donors (Lipinski definition) is 0. The van der Waals surface area contributed by atoms with Crippen LogP contribution in [0.25, 0.3) is 0 Å². The number of fused-ring (bicyclic) bond motifs is 1. The van der Waals surface area contributed by atoms with Crippen LogP contribution in [-0.4, -0.2) is 24.2 Å². The zero-order chi connectivity index (χ0) is 17.3. The minimum atomic E-state index is -0.724. The van der Waals surface area contributed by atoms with Gasteiger partial charge < -0.3 is 4.74 Å². The van der Waals surface area contributed by atoms with E-state index in [0.29, 0.717) is 21.8 Å². The summed E-state index contributed by atoms with van der Waals surface area (Å²) in [6, 6.07) is 13.6. The highest BCUT2D eigenvalue weighted by molar-refractivity contribution is 6.52. The number of benzene rings is 2. The molecule has 0 fully saturated rings. The molecule has 0 N–H and O–H groups in total. The summed E-state index contributed by atoms with van der Waals surface area (Å²) in [5.74, 6) is -1.95. The predicted octanol–water partition coefficient (Wildman–Crippen LogP) is 3.17. The molecule has 2 aromatic carbocycles. The first-order chi connectivity index (χ1) is 11.5. The lowest BCUT2D eigenvalue weighted by molar-refractivity contribution is -0.147. The molecular formula is C18H14ClNO4. The molecule has 1 aliphatic rings. The van der Waals surface area contributed by atoms with Gasteiger partial charge in [0.15, 0.2) is 0 Å². The number of esters is 1. The molecule has 0 unspecified atom stereocenters. The van der Waals surface area contributed by atoms with Crippen molar-refractivity contribution in [3.8, 4) is 0 Å². The lowest BCUT2D eigenvalue weighted by atomic mass is 10.1. The largest absolute Gasteiger partial charge is 0.456 e. The normalized spacial score (nSPS) is 14.5. The van der Waals surface area contributed by atoms with E-state index in [2.05, 4.69) is 0 Å². The van der Waals surface area contributed by atoms with Gasteiger partial charge in [-0.15, -0.1) is 0 Å². The summed E-state index contributed by atoms with van der Waals surface area (Å²) in [6.07, 6.45) is -0.560. The molecule has 0 aliphatic carbocycles. The predicted molar refractivity (Wildman–Crippen MR) is 89.1 cm³/mol. The highest BCUT2D eigenvalue weighted by atomic mass is 35.5. The van der Waals surface area contributed by atoms with Crippen molar-refractivity contribution in [2.45, 2.75) is 13.0 Å². The number of rotatable bonds is 4. The maximum atomic E-state index is 12.2. The Balaban J connectivity index is 1.73. The first-order valence-electron chi connectivity index (χ1n) is 7.38. The number of ether oxygens (including phenoxy) is 1. The first kappa shape index (κ1) is 16.2. The number of carbonyl (C=O) groups is 3. The maximum absolute atomic E-state index is 12.2. The third-order valence-electron chi connectivity index (χ3n) is 3.82. The number of nitrogens with zero attached hydrogens (tertiary/aromatic N) is 1. The van der Waals surface area contributed by atoms with Gasteiger partial charge in [-0.3, -0.25) is 19.3 Å². The van der Waals surface area contributed by atoms with Crippen molar-refractivity contribution in [3.05, 3.63) is 64.7 Å². The number of hydrogen-bond acceptors (Lipinski definition) is 4. The van der Waals surface area contributed by atoms with E-state index in [1.54, 1.807) is 55.5 Å². The second-order valence-corrected chi connectivity index (χ2v) is 5.80. The average Bonchev–Trinajstić information content (AvgIpc) is 2.80. The number of Topliss-reactive ketones (excluding diaryl/α,β-unsaturated/α-hetero) is 1. The molecule has 1 atom stereocenters. The summed E-state index contributed by atoms with van der Waals surface area (Å²) < 4.78 is 5.35. The van der Waals surface area contributed by atoms with Gasteiger partial charge >= 0.3 is 5.97 Å². The lowest BCUT2D eigenvalue weighted by Gasteiger charge is -2.19. The van der Waals surface area contributed by atoms with E-state index in [1.807, 2.05) is 0 Å². The Morgan fingerprint density at radius 1 is 1.12 bits per heavy atom. The molecule has 122 valence electrons. The topological polar surface area (TPSA) is 63.7 Å². The van der Waals surface area contributed by atoms with Crippen LogP contribution in [0.5, 0.6) is 0 Å². The van der Waals surface area contributed by atoms with Crippen LogP contribution in [0.1, 0.15) is 28.9 Å². The number of carbonyl (C=O) groups excluding carboxylic acids is 3. The number of anilines is 1. The van der Waals surface area contributed by atoms with Crippen LogP contribution in [0.3, 0.4) is 0 Å². The molecule has 1 heterocycles. The molecule has 1 amide bonds. The molecule has 0 saturated heterocycles. The van der Waals surface area contributed by atoms with Gasteiger partial charge in [-0.25, -0.2) is 0 Å². The summed E-state index contributed by atoms with van der Waals surface area (Å²) in [7, 11) is 0. The molecule has 2 aromatic rings. The summed E-state index contributed by atoms with van der Waals surface area (Å²) in [5, 5.41) is 0.496. The molecule has 1 aliphatic heterocycles. The van der Waals surface area contributed by atoms with E-state index < -0.39 is 23.8 Å². The third kappa shape index (κ3) is 2.90. The van der Waals surface area contributed by atoms with E-state index in [0.717, 1.165) is 4.90 Å². The Labute approximate surface area is 143 Å². The second-order valence-electron chi connectivity index (χ2n) is 5.39. The van der Waals surface area contributed by atoms with Crippen molar-refractivity contribution < 1.29 is 19.1 Å². The molecule has 0 radical (unpaired) electrons. The van der Waals surface area contributed by atoms with Crippen LogP contribution in [0.4, 0.5) is 5.69 Å². The molecule has 0 bridgehead atoms. The first-order valence-corrected chi connectivity index (χ1v) is 7.76. The van der Waals surface area contributed by atoms with E-state index >= 15 is 0 Å². The Kier molecular flexibility index (Phi) is 4.36. The number of halogens is 1. The van der Waals surface area contributed by atoms with Gasteiger partial charge in [0, 0.05) is 10.6 Å². The monoisotopic (exact) mass is 343 g/mol.